The third kappa shape index (κ3) is 4.65. The van der Waals surface area contributed by atoms with Gasteiger partial charge in [-0.2, -0.15) is 39.5 Å². The van der Waals surface area contributed by atoms with Crippen LogP contribution in [0.25, 0.3) is 0 Å². The molecule has 0 radical (unpaired) electrons. The second-order valence-electron chi connectivity index (χ2n) is 6.50. The lowest BCUT2D eigenvalue weighted by Crippen LogP contribution is -2.62. The van der Waals surface area contributed by atoms with Gasteiger partial charge in [-0.1, -0.05) is 0 Å². The second-order valence-corrected chi connectivity index (χ2v) is 9.91. The summed E-state index contributed by atoms with van der Waals surface area (Å²) in [5.41, 5.74) is 0. The van der Waals surface area contributed by atoms with Crippen molar-refractivity contribution in [2.75, 3.05) is 27.2 Å². The van der Waals surface area contributed by atoms with E-state index in [0.29, 0.717) is 19.0 Å². The molecule has 0 aromatic rings. The Balaban J connectivity index is 3.10. The topological polar surface area (TPSA) is 21.7 Å². The van der Waals surface area contributed by atoms with Crippen molar-refractivity contribution in [1.29, 1.82) is 0 Å². The minimum Gasteiger partial charge on any atom is -0.398 e. The Labute approximate surface area is 145 Å². The van der Waals surface area contributed by atoms with Gasteiger partial charge < -0.3 is 13.8 Å². The Morgan fingerprint density at radius 2 is 1.58 bits per heavy atom. The molecule has 1 aliphatic heterocycles. The van der Waals surface area contributed by atoms with Crippen LogP contribution in [-0.2, 0) is 8.85 Å². The standard InChI is InChI=1S/C13H20F9NO2Si/c1-23-5-4-6-26(3,24-2)25-9(8-23)7-10(14,15)11(16,17)12(18,19)13(20,21)22/h9H,4-8H2,1-3H3. The molecule has 0 amide bonds. The zero-order valence-corrected chi connectivity index (χ0v) is 15.3. The predicted molar refractivity (Wildman–Crippen MR) is 75.9 cm³/mol. The highest BCUT2D eigenvalue weighted by atomic mass is 28.4. The van der Waals surface area contributed by atoms with Crippen LogP contribution in [0.1, 0.15) is 12.8 Å². The molecule has 26 heavy (non-hydrogen) atoms. The summed E-state index contributed by atoms with van der Waals surface area (Å²) in [4.78, 5) is 1.45. The molecule has 0 bridgehead atoms. The number of halogens is 9. The molecule has 156 valence electrons. The Kier molecular flexibility index (Phi) is 6.75. The third-order valence-corrected chi connectivity index (χ3v) is 7.18. The predicted octanol–water partition coefficient (Wildman–Crippen LogP) is 4.28. The van der Waals surface area contributed by atoms with Crippen LogP contribution in [0.15, 0.2) is 0 Å². The van der Waals surface area contributed by atoms with Gasteiger partial charge in [0.1, 0.15) is 0 Å². The molecule has 0 N–H and O–H groups in total. The fourth-order valence-electron chi connectivity index (χ4n) is 2.64. The summed E-state index contributed by atoms with van der Waals surface area (Å²) in [6, 6.07) is 0.324. The van der Waals surface area contributed by atoms with Gasteiger partial charge in [-0.25, -0.2) is 0 Å². The van der Waals surface area contributed by atoms with Gasteiger partial charge in [0.15, 0.2) is 0 Å². The zero-order chi connectivity index (χ0) is 20.6. The maximum absolute atomic E-state index is 13.9. The van der Waals surface area contributed by atoms with E-state index < -0.39 is 45.0 Å². The molecule has 1 saturated heterocycles. The number of alkyl halides is 9. The lowest BCUT2D eigenvalue weighted by atomic mass is 9.98. The van der Waals surface area contributed by atoms with E-state index in [4.69, 9.17) is 8.85 Å². The van der Waals surface area contributed by atoms with Crippen molar-refractivity contribution < 1.29 is 48.4 Å². The normalized spacial score (nSPS) is 27.9. The lowest BCUT2D eigenvalue weighted by Gasteiger charge is -2.39. The first-order valence-corrected chi connectivity index (χ1v) is 10.1. The molecule has 13 heteroatoms. The van der Waals surface area contributed by atoms with E-state index in [1.54, 1.807) is 0 Å². The maximum Gasteiger partial charge on any atom is 0.460 e. The van der Waals surface area contributed by atoms with Crippen molar-refractivity contribution in [1.82, 2.24) is 4.90 Å². The Morgan fingerprint density at radius 1 is 1.04 bits per heavy atom. The van der Waals surface area contributed by atoms with Crippen molar-refractivity contribution in [2.45, 2.75) is 55.5 Å². The molecule has 1 rings (SSSR count). The fourth-order valence-corrected chi connectivity index (χ4v) is 4.72. The quantitative estimate of drug-likeness (QED) is 0.489. The van der Waals surface area contributed by atoms with E-state index in [0.717, 1.165) is 0 Å². The highest BCUT2D eigenvalue weighted by Gasteiger charge is 2.81. The molecule has 0 aromatic heterocycles. The Morgan fingerprint density at radius 3 is 2.04 bits per heavy atom. The van der Waals surface area contributed by atoms with Gasteiger partial charge in [-0.3, -0.25) is 0 Å². The SMILES string of the molecule is CO[Si]1(C)CCCN(C)CC(CC(F)(F)C(F)(F)C(F)(F)C(F)(F)F)O1. The molecule has 1 heterocycles. The van der Waals surface area contributed by atoms with E-state index in [2.05, 4.69) is 0 Å². The molecule has 0 saturated carbocycles. The third-order valence-electron chi connectivity index (χ3n) is 4.23. The number of nitrogens with zero attached hydrogens (tertiary/aromatic N) is 1. The van der Waals surface area contributed by atoms with Gasteiger partial charge in [0.2, 0.25) is 0 Å². The van der Waals surface area contributed by atoms with Crippen LogP contribution in [0, 0.1) is 0 Å². The summed E-state index contributed by atoms with van der Waals surface area (Å²) in [7, 11) is -0.340. The van der Waals surface area contributed by atoms with Crippen LogP contribution < -0.4 is 0 Å². The average Bonchev–Trinajstić information content (AvgIpc) is 2.43. The molecular weight excluding hydrogens is 401 g/mol. The molecule has 0 aliphatic carbocycles. The largest absolute Gasteiger partial charge is 0.460 e. The fraction of sp³-hybridized carbons (Fsp3) is 1.00. The van der Waals surface area contributed by atoms with Gasteiger partial charge in [-0.15, -0.1) is 0 Å². The van der Waals surface area contributed by atoms with Gasteiger partial charge in [0.25, 0.3) is 0 Å². The summed E-state index contributed by atoms with van der Waals surface area (Å²) >= 11 is 0. The lowest BCUT2D eigenvalue weighted by molar-refractivity contribution is -0.398. The number of rotatable bonds is 5. The van der Waals surface area contributed by atoms with E-state index in [1.165, 1.54) is 25.6 Å². The molecule has 2 unspecified atom stereocenters. The highest BCUT2D eigenvalue weighted by molar-refractivity contribution is 6.66. The van der Waals surface area contributed by atoms with Crippen LogP contribution in [-0.4, -0.2) is 70.8 Å². The number of hydrogen-bond acceptors (Lipinski definition) is 3. The molecular formula is C13H20F9NO2Si. The van der Waals surface area contributed by atoms with Crippen LogP contribution in [0.4, 0.5) is 39.5 Å². The summed E-state index contributed by atoms with van der Waals surface area (Å²) < 4.78 is 128. The molecule has 1 fully saturated rings. The van der Waals surface area contributed by atoms with E-state index in [1.807, 2.05) is 0 Å². The van der Waals surface area contributed by atoms with Crippen LogP contribution >= 0.6 is 0 Å². The summed E-state index contributed by atoms with van der Waals surface area (Å²) in [5.74, 6) is -19.2. The molecule has 3 nitrogen and oxygen atoms in total. The van der Waals surface area contributed by atoms with Crippen molar-refractivity contribution >= 4 is 8.56 Å². The van der Waals surface area contributed by atoms with Gasteiger partial charge in [-0.05, 0) is 32.6 Å². The summed E-state index contributed by atoms with van der Waals surface area (Å²) in [5, 5.41) is 0. The minimum atomic E-state index is -6.89. The monoisotopic (exact) mass is 421 g/mol. The minimum absolute atomic E-state index is 0.324. The van der Waals surface area contributed by atoms with Crippen LogP contribution in [0.2, 0.25) is 12.6 Å². The average molecular weight is 421 g/mol. The van der Waals surface area contributed by atoms with Gasteiger partial charge in [0, 0.05) is 20.1 Å². The first kappa shape index (κ1) is 23.5. The Bertz CT molecular complexity index is 489. The van der Waals surface area contributed by atoms with Gasteiger partial charge >= 0.3 is 32.5 Å². The van der Waals surface area contributed by atoms with Gasteiger partial charge in [0.05, 0.1) is 6.10 Å². The van der Waals surface area contributed by atoms with E-state index >= 15 is 0 Å². The van der Waals surface area contributed by atoms with E-state index in [9.17, 15) is 39.5 Å². The van der Waals surface area contributed by atoms with Crippen molar-refractivity contribution in [3.8, 4) is 0 Å². The zero-order valence-electron chi connectivity index (χ0n) is 14.3. The molecule has 0 aromatic carbocycles. The molecule has 0 spiro atoms. The van der Waals surface area contributed by atoms with E-state index in [-0.39, 0.29) is 6.54 Å². The van der Waals surface area contributed by atoms with Crippen molar-refractivity contribution in [3.05, 3.63) is 0 Å². The summed E-state index contributed by atoms with van der Waals surface area (Å²) in [6.45, 7) is 1.52. The van der Waals surface area contributed by atoms with Crippen LogP contribution in [0.3, 0.4) is 0 Å². The molecule has 2 atom stereocenters. The van der Waals surface area contributed by atoms with Crippen molar-refractivity contribution in [2.24, 2.45) is 0 Å². The maximum atomic E-state index is 13.9. The smallest absolute Gasteiger partial charge is 0.398 e. The highest BCUT2D eigenvalue weighted by Crippen LogP contribution is 2.54. The van der Waals surface area contributed by atoms with Crippen LogP contribution in [0.5, 0.6) is 0 Å². The number of hydrogen-bond donors (Lipinski definition) is 0. The second kappa shape index (κ2) is 7.47. The number of likely N-dealkylation sites (N-methyl/N-ethyl adjacent to an activating group) is 1. The Hall–Kier alpha value is -0.533. The van der Waals surface area contributed by atoms with Crippen molar-refractivity contribution in [3.63, 3.8) is 0 Å². The molecule has 1 aliphatic rings. The first-order valence-electron chi connectivity index (χ1n) is 7.61. The first-order chi connectivity index (χ1) is 11.5. The summed E-state index contributed by atoms with van der Waals surface area (Å²) in [6.07, 6.45) is -9.95.